The first-order valence-electron chi connectivity index (χ1n) is 5.01. The minimum absolute atomic E-state index is 0.232. The summed E-state index contributed by atoms with van der Waals surface area (Å²) in [7, 11) is 0. The molecule has 1 aromatic heterocycles. The lowest BCUT2D eigenvalue weighted by Gasteiger charge is -2.10. The summed E-state index contributed by atoms with van der Waals surface area (Å²) in [5.41, 5.74) is -0.195. The average Bonchev–Trinajstić information content (AvgIpc) is 2.28. The first kappa shape index (κ1) is 12.3. The topological polar surface area (TPSA) is 24.9 Å². The second-order valence-corrected chi connectivity index (χ2v) is 3.57. The van der Waals surface area contributed by atoms with Gasteiger partial charge in [0.05, 0.1) is 5.56 Å². The fourth-order valence-corrected chi connectivity index (χ4v) is 1.42. The third-order valence-electron chi connectivity index (χ3n) is 2.21. The molecule has 0 saturated carbocycles. The molecule has 1 heterocycles. The van der Waals surface area contributed by atoms with E-state index in [9.17, 15) is 17.6 Å². The van der Waals surface area contributed by atoms with Gasteiger partial charge in [0.1, 0.15) is 0 Å². The van der Waals surface area contributed by atoms with Crippen molar-refractivity contribution in [2.24, 2.45) is 0 Å². The van der Waals surface area contributed by atoms with E-state index in [1.165, 1.54) is 24.4 Å². The van der Waals surface area contributed by atoms with E-state index in [4.69, 9.17) is 0 Å². The molecule has 0 fully saturated rings. The zero-order chi connectivity index (χ0) is 13.2. The van der Waals surface area contributed by atoms with E-state index in [1.54, 1.807) is 0 Å². The molecule has 18 heavy (non-hydrogen) atoms. The minimum atomic E-state index is -4.40. The smallest absolute Gasteiger partial charge is 0.355 e. The number of pyridine rings is 1. The van der Waals surface area contributed by atoms with Gasteiger partial charge in [0, 0.05) is 23.6 Å². The summed E-state index contributed by atoms with van der Waals surface area (Å²) in [6.45, 7) is 0. The molecule has 1 N–H and O–H groups in total. The van der Waals surface area contributed by atoms with Gasteiger partial charge in [-0.25, -0.2) is 4.98 Å². The number of nitrogens with zero attached hydrogens (tertiary/aromatic N) is 1. The molecule has 6 heteroatoms. The number of nitrogens with one attached hydrogen (secondary N) is 1. The van der Waals surface area contributed by atoms with E-state index in [0.29, 0.717) is 5.69 Å². The quantitative estimate of drug-likeness (QED) is 0.649. The predicted molar refractivity (Wildman–Crippen MR) is 58.9 cm³/mol. The molecule has 94 valence electrons. The average molecular weight is 256 g/mol. The van der Waals surface area contributed by atoms with Crippen molar-refractivity contribution in [3.05, 3.63) is 54.1 Å². The maximum absolute atomic E-state index is 12.8. The van der Waals surface area contributed by atoms with Crippen molar-refractivity contribution in [2.75, 3.05) is 5.32 Å². The summed E-state index contributed by atoms with van der Waals surface area (Å²) < 4.78 is 50.2. The molecule has 0 aliphatic rings. The van der Waals surface area contributed by atoms with Gasteiger partial charge in [0.2, 0.25) is 5.95 Å². The van der Waals surface area contributed by atoms with Crippen LogP contribution in [-0.4, -0.2) is 4.98 Å². The first-order valence-corrected chi connectivity index (χ1v) is 5.01. The Morgan fingerprint density at radius 1 is 1.00 bits per heavy atom. The maximum Gasteiger partial charge on any atom is 0.416 e. The molecule has 0 aliphatic carbocycles. The highest BCUT2D eigenvalue weighted by atomic mass is 19.4. The molecule has 0 amide bonds. The van der Waals surface area contributed by atoms with Crippen molar-refractivity contribution < 1.29 is 17.6 Å². The molecule has 0 spiro atoms. The van der Waals surface area contributed by atoms with Crippen LogP contribution in [0.5, 0.6) is 0 Å². The lowest BCUT2D eigenvalue weighted by Crippen LogP contribution is -2.05. The molecule has 0 aliphatic heterocycles. The zero-order valence-electron chi connectivity index (χ0n) is 9.00. The number of halogens is 4. The largest absolute Gasteiger partial charge is 0.416 e. The van der Waals surface area contributed by atoms with Crippen LogP contribution in [0.15, 0.2) is 42.6 Å². The Kier molecular flexibility index (Phi) is 3.18. The Bertz CT molecular complexity index is 552. The highest BCUT2D eigenvalue weighted by Gasteiger charge is 2.30. The van der Waals surface area contributed by atoms with Crippen LogP contribution in [-0.2, 0) is 6.18 Å². The third-order valence-corrected chi connectivity index (χ3v) is 2.21. The lowest BCUT2D eigenvalue weighted by molar-refractivity contribution is -0.137. The fourth-order valence-electron chi connectivity index (χ4n) is 1.42. The summed E-state index contributed by atoms with van der Waals surface area (Å²) in [6.07, 6.45) is -3.17. The molecule has 0 unspecified atom stereocenters. The van der Waals surface area contributed by atoms with Gasteiger partial charge in [-0.05, 0) is 24.3 Å². The Labute approximate surface area is 100 Å². The van der Waals surface area contributed by atoms with Crippen molar-refractivity contribution in [1.29, 1.82) is 0 Å². The molecule has 0 radical (unpaired) electrons. The Morgan fingerprint density at radius 3 is 2.39 bits per heavy atom. The van der Waals surface area contributed by atoms with Gasteiger partial charge in [-0.3, -0.25) is 0 Å². The standard InChI is InChI=1S/C12H8F4N2/c13-11-7-10(4-5-17-11)18-9-3-1-2-8(6-9)12(14,15)16/h1-7H,(H,17,18). The summed E-state index contributed by atoms with van der Waals surface area (Å²) in [5, 5.41) is 2.68. The van der Waals surface area contributed by atoms with Crippen molar-refractivity contribution in [1.82, 2.24) is 4.98 Å². The van der Waals surface area contributed by atoms with Crippen LogP contribution in [0.2, 0.25) is 0 Å². The highest BCUT2D eigenvalue weighted by molar-refractivity contribution is 5.59. The van der Waals surface area contributed by atoms with E-state index in [0.717, 1.165) is 18.2 Å². The fraction of sp³-hybridized carbons (Fsp3) is 0.0833. The van der Waals surface area contributed by atoms with Crippen LogP contribution in [0.1, 0.15) is 5.56 Å². The van der Waals surface area contributed by atoms with Crippen LogP contribution >= 0.6 is 0 Å². The monoisotopic (exact) mass is 256 g/mol. The first-order chi connectivity index (χ1) is 8.45. The SMILES string of the molecule is Fc1cc(Nc2cccc(C(F)(F)F)c2)ccn1. The van der Waals surface area contributed by atoms with Crippen LogP contribution < -0.4 is 5.32 Å². The van der Waals surface area contributed by atoms with Gasteiger partial charge in [0.15, 0.2) is 0 Å². The lowest BCUT2D eigenvalue weighted by atomic mass is 10.2. The number of anilines is 2. The molecule has 0 saturated heterocycles. The van der Waals surface area contributed by atoms with Crippen LogP contribution in [0.3, 0.4) is 0 Å². The molecule has 2 nitrogen and oxygen atoms in total. The summed E-state index contributed by atoms with van der Waals surface area (Å²) in [6, 6.07) is 7.23. The third kappa shape index (κ3) is 2.97. The van der Waals surface area contributed by atoms with E-state index < -0.39 is 17.7 Å². The van der Waals surface area contributed by atoms with Crippen LogP contribution in [0.25, 0.3) is 0 Å². The Hall–Kier alpha value is -2.11. The van der Waals surface area contributed by atoms with E-state index >= 15 is 0 Å². The molecule has 2 aromatic rings. The molecule has 0 bridgehead atoms. The molecular weight excluding hydrogens is 248 g/mol. The summed E-state index contributed by atoms with van der Waals surface area (Å²) >= 11 is 0. The van der Waals surface area contributed by atoms with E-state index in [2.05, 4.69) is 10.3 Å². The Balaban J connectivity index is 2.25. The highest BCUT2D eigenvalue weighted by Crippen LogP contribution is 2.31. The number of hydrogen-bond acceptors (Lipinski definition) is 2. The predicted octanol–water partition coefficient (Wildman–Crippen LogP) is 3.98. The summed E-state index contributed by atoms with van der Waals surface area (Å²) in [5.74, 6) is -0.702. The molecule has 1 aromatic carbocycles. The number of rotatable bonds is 2. The molecular formula is C12H8F4N2. The second kappa shape index (κ2) is 4.64. The second-order valence-electron chi connectivity index (χ2n) is 3.57. The minimum Gasteiger partial charge on any atom is -0.355 e. The van der Waals surface area contributed by atoms with Gasteiger partial charge in [0.25, 0.3) is 0 Å². The van der Waals surface area contributed by atoms with Crippen molar-refractivity contribution in [3.8, 4) is 0 Å². The Morgan fingerprint density at radius 2 is 1.72 bits per heavy atom. The van der Waals surface area contributed by atoms with Gasteiger partial charge >= 0.3 is 6.18 Å². The van der Waals surface area contributed by atoms with Gasteiger partial charge in [-0.1, -0.05) is 6.07 Å². The number of hydrogen-bond donors (Lipinski definition) is 1. The van der Waals surface area contributed by atoms with Crippen molar-refractivity contribution >= 4 is 11.4 Å². The maximum atomic E-state index is 12.8. The number of benzene rings is 1. The zero-order valence-corrected chi connectivity index (χ0v) is 9.00. The van der Waals surface area contributed by atoms with Crippen molar-refractivity contribution in [3.63, 3.8) is 0 Å². The number of aromatic nitrogens is 1. The van der Waals surface area contributed by atoms with E-state index in [-0.39, 0.29) is 5.69 Å². The van der Waals surface area contributed by atoms with Crippen molar-refractivity contribution in [2.45, 2.75) is 6.18 Å². The van der Waals surface area contributed by atoms with E-state index in [1.807, 2.05) is 0 Å². The van der Waals surface area contributed by atoms with Gasteiger partial charge in [-0.2, -0.15) is 17.6 Å². The molecule has 0 atom stereocenters. The van der Waals surface area contributed by atoms with Gasteiger partial charge < -0.3 is 5.32 Å². The van der Waals surface area contributed by atoms with Crippen LogP contribution in [0, 0.1) is 5.95 Å². The number of alkyl halides is 3. The van der Waals surface area contributed by atoms with Crippen LogP contribution in [0.4, 0.5) is 28.9 Å². The normalized spacial score (nSPS) is 11.3. The summed E-state index contributed by atoms with van der Waals surface area (Å²) in [4.78, 5) is 3.35. The van der Waals surface area contributed by atoms with Gasteiger partial charge in [-0.15, -0.1) is 0 Å². The molecule has 2 rings (SSSR count).